The molecule has 0 radical (unpaired) electrons. The summed E-state index contributed by atoms with van der Waals surface area (Å²) in [5, 5.41) is 6.79. The van der Waals surface area contributed by atoms with Gasteiger partial charge in [-0.3, -0.25) is 0 Å². The highest BCUT2D eigenvalue weighted by Gasteiger charge is 2.10. The van der Waals surface area contributed by atoms with Crippen LogP contribution in [0, 0.1) is 6.92 Å². The van der Waals surface area contributed by atoms with Gasteiger partial charge < -0.3 is 10.1 Å². The molecule has 4 nitrogen and oxygen atoms in total. The first kappa shape index (κ1) is 13.8. The molecule has 0 aliphatic carbocycles. The van der Waals surface area contributed by atoms with Gasteiger partial charge in [-0.15, -0.1) is 5.10 Å². The van der Waals surface area contributed by atoms with Crippen LogP contribution in [0.5, 0.6) is 5.75 Å². The predicted octanol–water partition coefficient (Wildman–Crippen LogP) is 3.24. The van der Waals surface area contributed by atoms with Crippen molar-refractivity contribution >= 4 is 34.4 Å². The lowest BCUT2D eigenvalue weighted by Crippen LogP contribution is -2.10. The third-order valence-corrected chi connectivity index (χ3v) is 3.46. The first-order valence-corrected chi connectivity index (χ1v) is 6.39. The molecule has 1 heterocycles. The fourth-order valence-electron chi connectivity index (χ4n) is 1.38. The third kappa shape index (κ3) is 3.65. The number of nitrogens with one attached hydrogen (secondary N) is 1. The smallest absolute Gasteiger partial charge is 0.387 e. The van der Waals surface area contributed by atoms with Crippen LogP contribution in [0.4, 0.5) is 14.5 Å². The summed E-state index contributed by atoms with van der Waals surface area (Å²) in [6.45, 7) is -1.06. The van der Waals surface area contributed by atoms with Crippen LogP contribution in [0.25, 0.3) is 0 Å². The largest absolute Gasteiger partial charge is 0.435 e. The fourth-order valence-corrected chi connectivity index (χ4v) is 2.31. The second kappa shape index (κ2) is 5.98. The molecule has 2 rings (SSSR count). The van der Waals surface area contributed by atoms with Crippen molar-refractivity contribution in [2.45, 2.75) is 13.5 Å². The van der Waals surface area contributed by atoms with E-state index in [2.05, 4.69) is 19.6 Å². The van der Waals surface area contributed by atoms with Crippen molar-refractivity contribution in [3.05, 3.63) is 34.8 Å². The van der Waals surface area contributed by atoms with Crippen molar-refractivity contribution in [3.63, 3.8) is 0 Å². The second-order valence-electron chi connectivity index (χ2n) is 3.55. The molecule has 0 atom stereocenters. The van der Waals surface area contributed by atoms with E-state index in [0.29, 0.717) is 10.7 Å². The summed E-state index contributed by atoms with van der Waals surface area (Å²) in [4.78, 5) is 1.19. The number of rotatable bonds is 4. The zero-order valence-electron chi connectivity index (χ0n) is 9.76. The molecular weight excluding hydrogens is 292 g/mol. The van der Waals surface area contributed by atoms with Crippen molar-refractivity contribution < 1.29 is 13.5 Å². The van der Waals surface area contributed by atoms with Crippen LogP contribution in [-0.2, 0) is 0 Å². The van der Waals surface area contributed by atoms with Gasteiger partial charge in [-0.1, -0.05) is 22.8 Å². The first-order valence-electron chi connectivity index (χ1n) is 5.21. The van der Waals surface area contributed by atoms with Crippen molar-refractivity contribution in [1.82, 2.24) is 9.59 Å². The molecule has 19 heavy (non-hydrogen) atoms. The van der Waals surface area contributed by atoms with Crippen LogP contribution in [0.1, 0.15) is 10.6 Å². The molecule has 0 spiro atoms. The van der Waals surface area contributed by atoms with Gasteiger partial charge in [-0.2, -0.15) is 8.78 Å². The number of thiocarbonyl (C=S) groups is 1. The van der Waals surface area contributed by atoms with E-state index in [1.807, 2.05) is 0 Å². The van der Waals surface area contributed by atoms with Gasteiger partial charge in [-0.25, -0.2) is 0 Å². The van der Waals surface area contributed by atoms with Gasteiger partial charge in [0.1, 0.15) is 15.6 Å². The van der Waals surface area contributed by atoms with Gasteiger partial charge >= 0.3 is 6.61 Å². The lowest BCUT2D eigenvalue weighted by molar-refractivity contribution is -0.0497. The highest BCUT2D eigenvalue weighted by atomic mass is 32.1. The summed E-state index contributed by atoms with van der Waals surface area (Å²) in [7, 11) is 0. The quantitative estimate of drug-likeness (QED) is 0.879. The molecule has 1 aromatic heterocycles. The maximum atomic E-state index is 12.1. The topological polar surface area (TPSA) is 47.0 Å². The van der Waals surface area contributed by atoms with Gasteiger partial charge in [0.05, 0.1) is 5.69 Å². The maximum Gasteiger partial charge on any atom is 0.387 e. The number of hydrogen-bond donors (Lipinski definition) is 1. The average molecular weight is 301 g/mol. The zero-order valence-corrected chi connectivity index (χ0v) is 11.4. The van der Waals surface area contributed by atoms with Crippen molar-refractivity contribution in [1.29, 1.82) is 0 Å². The molecule has 1 aromatic carbocycles. The summed E-state index contributed by atoms with van der Waals surface area (Å²) in [5.74, 6) is 0.0713. The summed E-state index contributed by atoms with van der Waals surface area (Å²) in [6, 6.07) is 6.19. The second-order valence-corrected chi connectivity index (χ2v) is 4.71. The van der Waals surface area contributed by atoms with E-state index >= 15 is 0 Å². The number of benzene rings is 1. The molecule has 0 unspecified atom stereocenters. The summed E-state index contributed by atoms with van der Waals surface area (Å²) >= 11 is 6.38. The minimum absolute atomic E-state index is 0.0713. The van der Waals surface area contributed by atoms with E-state index < -0.39 is 6.61 Å². The first-order chi connectivity index (χ1) is 9.06. The molecule has 0 saturated heterocycles. The summed E-state index contributed by atoms with van der Waals surface area (Å²) < 4.78 is 32.3. The number of anilines is 1. The molecule has 0 fully saturated rings. The average Bonchev–Trinajstić information content (AvgIpc) is 2.75. The standard InChI is InChI=1S/C11H9F2N3OS2/c1-6-9(19-16-15-6)10(18)14-7-3-2-4-8(5-7)17-11(12)13/h2-5,11H,1H3,(H,14,18). The molecule has 100 valence electrons. The Kier molecular flexibility index (Phi) is 4.33. The van der Waals surface area contributed by atoms with Crippen LogP contribution in [0.15, 0.2) is 24.3 Å². The van der Waals surface area contributed by atoms with E-state index in [4.69, 9.17) is 12.2 Å². The van der Waals surface area contributed by atoms with Crippen LogP contribution in [0.3, 0.4) is 0 Å². The van der Waals surface area contributed by atoms with Crippen molar-refractivity contribution in [3.8, 4) is 5.75 Å². The van der Waals surface area contributed by atoms with E-state index in [9.17, 15) is 8.78 Å². The highest BCUT2D eigenvalue weighted by Crippen LogP contribution is 2.21. The third-order valence-electron chi connectivity index (χ3n) is 2.17. The van der Waals surface area contributed by atoms with Crippen molar-refractivity contribution in [2.75, 3.05) is 5.32 Å². The Labute approximate surface area is 117 Å². The number of halogens is 2. The number of hydrogen-bond acceptors (Lipinski definition) is 5. The van der Waals surface area contributed by atoms with Crippen LogP contribution < -0.4 is 10.1 Å². The molecule has 0 saturated carbocycles. The van der Waals surface area contributed by atoms with Gasteiger partial charge in [-0.05, 0) is 30.6 Å². The normalized spacial score (nSPS) is 10.5. The Morgan fingerprint density at radius 3 is 2.89 bits per heavy atom. The highest BCUT2D eigenvalue weighted by molar-refractivity contribution is 7.81. The lowest BCUT2D eigenvalue weighted by Gasteiger charge is -2.09. The molecule has 0 aliphatic rings. The van der Waals surface area contributed by atoms with Gasteiger partial charge in [0.2, 0.25) is 0 Å². The Balaban J connectivity index is 2.11. The summed E-state index contributed by atoms with van der Waals surface area (Å²) in [5.41, 5.74) is 1.29. The minimum Gasteiger partial charge on any atom is -0.435 e. The van der Waals surface area contributed by atoms with Gasteiger partial charge in [0, 0.05) is 11.8 Å². The Hall–Kier alpha value is -1.67. The van der Waals surface area contributed by atoms with Crippen LogP contribution in [-0.4, -0.2) is 21.2 Å². The lowest BCUT2D eigenvalue weighted by atomic mass is 10.3. The Morgan fingerprint density at radius 1 is 1.47 bits per heavy atom. The number of nitrogens with zero attached hydrogens (tertiary/aromatic N) is 2. The molecule has 8 heteroatoms. The van der Waals surface area contributed by atoms with Gasteiger partial charge in [0.15, 0.2) is 0 Å². The van der Waals surface area contributed by atoms with E-state index in [1.54, 1.807) is 19.1 Å². The number of aromatic nitrogens is 2. The summed E-state index contributed by atoms with van der Waals surface area (Å²) in [6.07, 6.45) is 0. The fraction of sp³-hybridized carbons (Fsp3) is 0.182. The molecular formula is C11H9F2N3OS2. The van der Waals surface area contributed by atoms with Crippen LogP contribution in [0.2, 0.25) is 0 Å². The molecule has 0 bridgehead atoms. The number of aryl methyl sites for hydroxylation is 1. The molecule has 2 aromatic rings. The maximum absolute atomic E-state index is 12.1. The van der Waals surface area contributed by atoms with Gasteiger partial charge in [0.25, 0.3) is 0 Å². The van der Waals surface area contributed by atoms with E-state index in [0.717, 1.165) is 10.6 Å². The zero-order chi connectivity index (χ0) is 13.8. The van der Waals surface area contributed by atoms with Crippen LogP contribution >= 0.6 is 23.8 Å². The van der Waals surface area contributed by atoms with E-state index in [-0.39, 0.29) is 5.75 Å². The monoisotopic (exact) mass is 301 g/mol. The molecule has 0 amide bonds. The SMILES string of the molecule is Cc1nnsc1C(=S)Nc1cccc(OC(F)F)c1. The molecule has 1 N–H and O–H groups in total. The number of ether oxygens (including phenoxy) is 1. The van der Waals surface area contributed by atoms with Crippen molar-refractivity contribution in [2.24, 2.45) is 0 Å². The Bertz CT molecular complexity index is 589. The predicted molar refractivity (Wildman–Crippen MR) is 73.0 cm³/mol. The Morgan fingerprint density at radius 2 is 2.26 bits per heavy atom. The minimum atomic E-state index is -2.85. The molecule has 0 aliphatic heterocycles. The van der Waals surface area contributed by atoms with E-state index in [1.165, 1.54) is 23.7 Å². The number of alkyl halides is 2.